The van der Waals surface area contributed by atoms with Gasteiger partial charge in [-0.15, -0.1) is 0 Å². The summed E-state index contributed by atoms with van der Waals surface area (Å²) in [5.74, 6) is 0.699. The van der Waals surface area contributed by atoms with Crippen molar-refractivity contribution >= 4 is 0 Å². The summed E-state index contributed by atoms with van der Waals surface area (Å²) in [5.41, 5.74) is 2.08. The molecule has 0 saturated carbocycles. The van der Waals surface area contributed by atoms with Crippen LogP contribution in [0.1, 0.15) is 46.5 Å². The highest BCUT2D eigenvalue weighted by molar-refractivity contribution is 5.09. The molecule has 2 nitrogen and oxygen atoms in total. The van der Waals surface area contributed by atoms with E-state index in [-0.39, 0.29) is 18.1 Å². The van der Waals surface area contributed by atoms with Crippen LogP contribution in [0.15, 0.2) is 23.8 Å². The SMILES string of the molecule is C=C1CCC(C(C)C)C(O)C=C(C)CCC1O. The molecular formula is C15H26O2. The number of aliphatic hydroxyl groups is 2. The first-order valence-electron chi connectivity index (χ1n) is 6.63. The van der Waals surface area contributed by atoms with E-state index < -0.39 is 0 Å². The Kier molecular flexibility index (Phi) is 5.41. The van der Waals surface area contributed by atoms with Crippen LogP contribution in [-0.4, -0.2) is 22.4 Å². The molecule has 3 atom stereocenters. The second-order valence-electron chi connectivity index (χ2n) is 5.66. The van der Waals surface area contributed by atoms with Gasteiger partial charge in [0.25, 0.3) is 0 Å². The Balaban J connectivity index is 2.84. The van der Waals surface area contributed by atoms with E-state index in [1.54, 1.807) is 0 Å². The smallest absolute Gasteiger partial charge is 0.0754 e. The van der Waals surface area contributed by atoms with Crippen molar-refractivity contribution < 1.29 is 10.2 Å². The highest BCUT2D eigenvalue weighted by atomic mass is 16.3. The Labute approximate surface area is 105 Å². The van der Waals surface area contributed by atoms with Crippen molar-refractivity contribution in [2.45, 2.75) is 58.7 Å². The average molecular weight is 238 g/mol. The third-order valence-electron chi connectivity index (χ3n) is 3.83. The van der Waals surface area contributed by atoms with E-state index in [2.05, 4.69) is 20.4 Å². The lowest BCUT2D eigenvalue weighted by Gasteiger charge is -2.27. The summed E-state index contributed by atoms with van der Waals surface area (Å²) in [7, 11) is 0. The van der Waals surface area contributed by atoms with E-state index in [0.29, 0.717) is 5.92 Å². The Morgan fingerprint density at radius 1 is 1.24 bits per heavy atom. The maximum Gasteiger partial charge on any atom is 0.0754 e. The standard InChI is InChI=1S/C15H26O2/c1-10(2)13-7-6-12(4)14(16)8-5-11(3)9-15(13)17/h9-10,13-17H,4-8H2,1-3H3. The van der Waals surface area contributed by atoms with Crippen LogP contribution in [0.2, 0.25) is 0 Å². The normalized spacial score (nSPS) is 32.5. The third kappa shape index (κ3) is 4.29. The summed E-state index contributed by atoms with van der Waals surface area (Å²) in [6.07, 6.45) is 4.49. The van der Waals surface area contributed by atoms with Gasteiger partial charge in [0.2, 0.25) is 0 Å². The van der Waals surface area contributed by atoms with Gasteiger partial charge in [-0.1, -0.05) is 32.1 Å². The van der Waals surface area contributed by atoms with Crippen molar-refractivity contribution in [2.24, 2.45) is 11.8 Å². The summed E-state index contributed by atoms with van der Waals surface area (Å²) in [5, 5.41) is 20.1. The van der Waals surface area contributed by atoms with Gasteiger partial charge >= 0.3 is 0 Å². The van der Waals surface area contributed by atoms with Crippen molar-refractivity contribution in [1.82, 2.24) is 0 Å². The van der Waals surface area contributed by atoms with E-state index in [1.165, 1.54) is 0 Å². The molecule has 0 amide bonds. The fourth-order valence-electron chi connectivity index (χ4n) is 2.48. The Morgan fingerprint density at radius 3 is 2.47 bits per heavy atom. The minimum Gasteiger partial charge on any atom is -0.389 e. The van der Waals surface area contributed by atoms with E-state index in [4.69, 9.17) is 0 Å². The molecule has 17 heavy (non-hydrogen) atoms. The number of allylic oxidation sites excluding steroid dienone is 1. The fraction of sp³-hybridized carbons (Fsp3) is 0.733. The zero-order valence-corrected chi connectivity index (χ0v) is 11.3. The van der Waals surface area contributed by atoms with Crippen LogP contribution in [0.25, 0.3) is 0 Å². The molecule has 0 bridgehead atoms. The molecule has 0 heterocycles. The van der Waals surface area contributed by atoms with Crippen LogP contribution in [0.3, 0.4) is 0 Å². The van der Waals surface area contributed by atoms with Gasteiger partial charge in [-0.3, -0.25) is 0 Å². The van der Waals surface area contributed by atoms with E-state index in [0.717, 1.165) is 36.8 Å². The molecule has 2 N–H and O–H groups in total. The van der Waals surface area contributed by atoms with Gasteiger partial charge < -0.3 is 10.2 Å². The predicted molar refractivity (Wildman–Crippen MR) is 71.7 cm³/mol. The van der Waals surface area contributed by atoms with Crippen LogP contribution >= 0.6 is 0 Å². The summed E-state index contributed by atoms with van der Waals surface area (Å²) >= 11 is 0. The number of hydrogen-bond acceptors (Lipinski definition) is 2. The second kappa shape index (κ2) is 6.36. The molecule has 0 saturated heterocycles. The molecule has 98 valence electrons. The Hall–Kier alpha value is -0.600. The van der Waals surface area contributed by atoms with Gasteiger partial charge in [0.05, 0.1) is 12.2 Å². The van der Waals surface area contributed by atoms with Gasteiger partial charge in [-0.2, -0.15) is 0 Å². The Morgan fingerprint density at radius 2 is 1.88 bits per heavy atom. The summed E-state index contributed by atoms with van der Waals surface area (Å²) < 4.78 is 0. The zero-order chi connectivity index (χ0) is 13.0. The number of aliphatic hydroxyl groups excluding tert-OH is 2. The molecular weight excluding hydrogens is 212 g/mol. The van der Waals surface area contributed by atoms with Gasteiger partial charge in [-0.05, 0) is 50.0 Å². The Bertz CT molecular complexity index is 291. The third-order valence-corrected chi connectivity index (χ3v) is 3.83. The number of rotatable bonds is 1. The molecule has 0 aliphatic heterocycles. The highest BCUT2D eigenvalue weighted by Crippen LogP contribution is 2.28. The van der Waals surface area contributed by atoms with Gasteiger partial charge in [0.15, 0.2) is 0 Å². The largest absolute Gasteiger partial charge is 0.389 e. The molecule has 0 aromatic heterocycles. The number of hydrogen-bond donors (Lipinski definition) is 2. The van der Waals surface area contributed by atoms with E-state index in [1.807, 2.05) is 13.0 Å². The zero-order valence-electron chi connectivity index (χ0n) is 11.3. The maximum absolute atomic E-state index is 10.2. The predicted octanol–water partition coefficient (Wildman–Crippen LogP) is 3.06. The van der Waals surface area contributed by atoms with Crippen LogP contribution < -0.4 is 0 Å². The van der Waals surface area contributed by atoms with Gasteiger partial charge in [-0.25, -0.2) is 0 Å². The summed E-state index contributed by atoms with van der Waals surface area (Å²) in [4.78, 5) is 0. The highest BCUT2D eigenvalue weighted by Gasteiger charge is 2.23. The van der Waals surface area contributed by atoms with Crippen molar-refractivity contribution in [2.75, 3.05) is 0 Å². The maximum atomic E-state index is 10.2. The van der Waals surface area contributed by atoms with E-state index >= 15 is 0 Å². The molecule has 0 spiro atoms. The topological polar surface area (TPSA) is 40.5 Å². The van der Waals surface area contributed by atoms with Crippen molar-refractivity contribution in [3.63, 3.8) is 0 Å². The first-order chi connectivity index (χ1) is 7.91. The van der Waals surface area contributed by atoms with Crippen LogP contribution in [0, 0.1) is 11.8 Å². The molecule has 1 rings (SSSR count). The van der Waals surface area contributed by atoms with E-state index in [9.17, 15) is 10.2 Å². The lowest BCUT2D eigenvalue weighted by molar-refractivity contribution is 0.111. The molecule has 3 unspecified atom stereocenters. The lowest BCUT2D eigenvalue weighted by Crippen LogP contribution is -2.25. The molecule has 0 fully saturated rings. The minimum atomic E-state index is -0.388. The van der Waals surface area contributed by atoms with Crippen molar-refractivity contribution in [3.8, 4) is 0 Å². The summed E-state index contributed by atoms with van der Waals surface area (Å²) in [6, 6.07) is 0. The lowest BCUT2D eigenvalue weighted by atomic mass is 9.82. The second-order valence-corrected chi connectivity index (χ2v) is 5.66. The minimum absolute atomic E-state index is 0.256. The van der Waals surface area contributed by atoms with Crippen LogP contribution in [0.5, 0.6) is 0 Å². The molecule has 0 radical (unpaired) electrons. The first kappa shape index (κ1) is 14.5. The van der Waals surface area contributed by atoms with Crippen LogP contribution in [0.4, 0.5) is 0 Å². The molecule has 0 aromatic rings. The molecule has 2 heteroatoms. The van der Waals surface area contributed by atoms with Gasteiger partial charge in [0.1, 0.15) is 0 Å². The fourth-order valence-corrected chi connectivity index (χ4v) is 2.48. The molecule has 1 aliphatic carbocycles. The van der Waals surface area contributed by atoms with Crippen molar-refractivity contribution in [1.29, 1.82) is 0 Å². The molecule has 1 aliphatic rings. The first-order valence-corrected chi connectivity index (χ1v) is 6.63. The van der Waals surface area contributed by atoms with Crippen LogP contribution in [-0.2, 0) is 0 Å². The van der Waals surface area contributed by atoms with Gasteiger partial charge in [0, 0.05) is 0 Å². The quantitative estimate of drug-likeness (QED) is 0.689. The summed E-state index contributed by atoms with van der Waals surface area (Å²) in [6.45, 7) is 10.3. The average Bonchev–Trinajstić information content (AvgIpc) is 2.24. The monoisotopic (exact) mass is 238 g/mol. The van der Waals surface area contributed by atoms with Crippen molar-refractivity contribution in [3.05, 3.63) is 23.8 Å². The molecule has 0 aromatic carbocycles.